The second kappa shape index (κ2) is 5.55. The monoisotopic (exact) mass is 267 g/mol. The third-order valence-corrected chi connectivity index (χ3v) is 2.74. The zero-order valence-corrected chi connectivity index (χ0v) is 11.7. The summed E-state index contributed by atoms with van der Waals surface area (Å²) in [6.45, 7) is 8.94. The van der Waals surface area contributed by atoms with E-state index in [1.54, 1.807) is 26.8 Å². The molecular weight excluding hydrogens is 246 g/mol. The minimum absolute atomic E-state index is 0.0201. The molecule has 1 heterocycles. The largest absolute Gasteiger partial charge is 0.460 e. The van der Waals surface area contributed by atoms with Crippen LogP contribution >= 0.6 is 0 Å². The summed E-state index contributed by atoms with van der Waals surface area (Å²) in [6.07, 6.45) is 1.97. The summed E-state index contributed by atoms with van der Waals surface area (Å²) >= 11 is 0. The number of hydrogen-bond acceptors (Lipinski definition) is 4. The second-order valence-corrected chi connectivity index (χ2v) is 5.98. The molecule has 5 nitrogen and oxygen atoms in total. The van der Waals surface area contributed by atoms with Crippen molar-refractivity contribution in [2.75, 3.05) is 0 Å². The van der Waals surface area contributed by atoms with Gasteiger partial charge in [0.25, 0.3) is 0 Å². The summed E-state index contributed by atoms with van der Waals surface area (Å²) in [5.41, 5.74) is -1.47. The highest BCUT2D eigenvalue weighted by Crippen LogP contribution is 2.27. The Kier molecular flexibility index (Phi) is 4.50. The van der Waals surface area contributed by atoms with E-state index >= 15 is 0 Å². The van der Waals surface area contributed by atoms with Crippen LogP contribution in [-0.2, 0) is 19.1 Å². The second-order valence-electron chi connectivity index (χ2n) is 5.98. The minimum atomic E-state index is -0.878. The molecule has 0 bridgehead atoms. The molecule has 0 radical (unpaired) electrons. The first-order chi connectivity index (χ1) is 8.66. The number of ether oxygens (including phenoxy) is 1. The summed E-state index contributed by atoms with van der Waals surface area (Å²) in [5, 5.41) is 2.75. The molecule has 1 rings (SSSR count). The fourth-order valence-electron chi connectivity index (χ4n) is 2.24. The average molecular weight is 267 g/mol. The van der Waals surface area contributed by atoms with Crippen LogP contribution in [0.15, 0.2) is 12.7 Å². The van der Waals surface area contributed by atoms with Gasteiger partial charge in [0.05, 0.1) is 18.4 Å². The van der Waals surface area contributed by atoms with Crippen LogP contribution < -0.4 is 5.32 Å². The summed E-state index contributed by atoms with van der Waals surface area (Å²) in [6, 6.07) is 0. The van der Waals surface area contributed by atoms with Gasteiger partial charge in [-0.2, -0.15) is 0 Å². The first-order valence-electron chi connectivity index (χ1n) is 6.31. The Morgan fingerprint density at radius 3 is 2.58 bits per heavy atom. The van der Waals surface area contributed by atoms with E-state index in [1.807, 2.05) is 0 Å². The van der Waals surface area contributed by atoms with E-state index in [0.717, 1.165) is 0 Å². The standard InChI is InChI=1S/C14H21NO4/c1-5-6-14(8-10(16)7-11(17)15-14)9-12(18)19-13(2,3)4/h5H,1,6-9H2,2-4H3,(H,15,17). The maximum absolute atomic E-state index is 11.9. The van der Waals surface area contributed by atoms with Crippen LogP contribution in [0.3, 0.4) is 0 Å². The number of hydrogen-bond donors (Lipinski definition) is 1. The smallest absolute Gasteiger partial charge is 0.308 e. The number of carbonyl (C=O) groups excluding carboxylic acids is 3. The van der Waals surface area contributed by atoms with Gasteiger partial charge in [-0.15, -0.1) is 6.58 Å². The van der Waals surface area contributed by atoms with E-state index in [4.69, 9.17) is 4.74 Å². The first kappa shape index (κ1) is 15.4. The molecule has 1 aliphatic rings. The molecule has 0 aromatic carbocycles. The summed E-state index contributed by atoms with van der Waals surface area (Å²) < 4.78 is 5.25. The Labute approximate surface area is 113 Å². The average Bonchev–Trinajstić information content (AvgIpc) is 2.10. The van der Waals surface area contributed by atoms with Crippen molar-refractivity contribution in [1.29, 1.82) is 0 Å². The van der Waals surface area contributed by atoms with E-state index in [-0.39, 0.29) is 31.0 Å². The molecule has 0 aliphatic carbocycles. The fraction of sp³-hybridized carbons (Fsp3) is 0.643. The molecule has 1 amide bonds. The Bertz CT molecular complexity index is 390. The van der Waals surface area contributed by atoms with E-state index < -0.39 is 17.1 Å². The maximum atomic E-state index is 11.9. The predicted octanol–water partition coefficient (Wildman–Crippen LogP) is 1.51. The molecule has 0 saturated carbocycles. The summed E-state index contributed by atoms with van der Waals surface area (Å²) in [5.74, 6) is -0.930. The van der Waals surface area contributed by atoms with Crippen LogP contribution in [0.1, 0.15) is 46.5 Å². The number of nitrogens with one attached hydrogen (secondary N) is 1. The summed E-state index contributed by atoms with van der Waals surface area (Å²) in [7, 11) is 0. The van der Waals surface area contributed by atoms with Crippen LogP contribution in [0.5, 0.6) is 0 Å². The lowest BCUT2D eigenvalue weighted by molar-refractivity contribution is -0.157. The van der Waals surface area contributed by atoms with Crippen molar-refractivity contribution in [2.45, 2.75) is 57.6 Å². The van der Waals surface area contributed by atoms with Crippen molar-refractivity contribution in [3.05, 3.63) is 12.7 Å². The molecule has 1 atom stereocenters. The molecule has 106 valence electrons. The Balaban J connectivity index is 2.82. The maximum Gasteiger partial charge on any atom is 0.308 e. The minimum Gasteiger partial charge on any atom is -0.460 e. The molecular formula is C14H21NO4. The van der Waals surface area contributed by atoms with E-state index in [0.29, 0.717) is 6.42 Å². The van der Waals surface area contributed by atoms with Crippen molar-refractivity contribution in [2.24, 2.45) is 0 Å². The number of Topliss-reactive ketones (excluding diaryl/α,β-unsaturated/α-hetero) is 1. The number of carbonyl (C=O) groups is 3. The molecule has 19 heavy (non-hydrogen) atoms. The van der Waals surface area contributed by atoms with E-state index in [9.17, 15) is 14.4 Å². The molecule has 1 saturated heterocycles. The van der Waals surface area contributed by atoms with Crippen molar-refractivity contribution >= 4 is 17.7 Å². The van der Waals surface area contributed by atoms with Gasteiger partial charge >= 0.3 is 5.97 Å². The first-order valence-corrected chi connectivity index (χ1v) is 6.31. The highest BCUT2D eigenvalue weighted by Gasteiger charge is 2.40. The molecule has 1 N–H and O–H groups in total. The Hall–Kier alpha value is -1.65. The number of esters is 1. The lowest BCUT2D eigenvalue weighted by Crippen LogP contribution is -2.55. The van der Waals surface area contributed by atoms with Gasteiger partial charge in [0.15, 0.2) is 0 Å². The van der Waals surface area contributed by atoms with Crippen LogP contribution in [-0.4, -0.2) is 28.8 Å². The van der Waals surface area contributed by atoms with Gasteiger partial charge in [-0.3, -0.25) is 14.4 Å². The van der Waals surface area contributed by atoms with Crippen LogP contribution in [0.2, 0.25) is 0 Å². The van der Waals surface area contributed by atoms with Gasteiger partial charge < -0.3 is 10.1 Å². The molecule has 1 unspecified atom stereocenters. The van der Waals surface area contributed by atoms with Gasteiger partial charge in [0, 0.05) is 6.42 Å². The van der Waals surface area contributed by atoms with Crippen molar-refractivity contribution in [1.82, 2.24) is 5.32 Å². The zero-order valence-electron chi connectivity index (χ0n) is 11.7. The lowest BCUT2D eigenvalue weighted by Gasteiger charge is -2.36. The quantitative estimate of drug-likeness (QED) is 0.476. The van der Waals surface area contributed by atoms with Crippen molar-refractivity contribution < 1.29 is 19.1 Å². The van der Waals surface area contributed by atoms with Crippen LogP contribution in [0, 0.1) is 0 Å². The third-order valence-electron chi connectivity index (χ3n) is 2.74. The van der Waals surface area contributed by atoms with Crippen LogP contribution in [0.25, 0.3) is 0 Å². The topological polar surface area (TPSA) is 72.5 Å². The number of amides is 1. The van der Waals surface area contributed by atoms with Gasteiger partial charge in [0.1, 0.15) is 11.4 Å². The number of rotatable bonds is 4. The van der Waals surface area contributed by atoms with Crippen molar-refractivity contribution in [3.63, 3.8) is 0 Å². The third kappa shape index (κ3) is 4.85. The highest BCUT2D eigenvalue weighted by molar-refractivity contribution is 6.02. The molecule has 0 spiro atoms. The molecule has 1 fully saturated rings. The lowest BCUT2D eigenvalue weighted by atomic mass is 9.82. The van der Waals surface area contributed by atoms with Gasteiger partial charge in [-0.1, -0.05) is 6.08 Å². The van der Waals surface area contributed by atoms with E-state index in [2.05, 4.69) is 11.9 Å². The molecule has 1 aliphatic heterocycles. The fourth-order valence-corrected chi connectivity index (χ4v) is 2.24. The highest BCUT2D eigenvalue weighted by atomic mass is 16.6. The number of ketones is 1. The molecule has 0 aromatic heterocycles. The van der Waals surface area contributed by atoms with Crippen molar-refractivity contribution in [3.8, 4) is 0 Å². The Morgan fingerprint density at radius 2 is 2.11 bits per heavy atom. The van der Waals surface area contributed by atoms with Crippen LogP contribution in [0.4, 0.5) is 0 Å². The SMILES string of the molecule is C=CCC1(CC(=O)OC(C)(C)C)CC(=O)CC(=O)N1. The van der Waals surface area contributed by atoms with Gasteiger partial charge in [-0.05, 0) is 27.2 Å². The van der Waals surface area contributed by atoms with E-state index in [1.165, 1.54) is 0 Å². The zero-order chi connectivity index (χ0) is 14.7. The predicted molar refractivity (Wildman–Crippen MR) is 70.4 cm³/mol. The van der Waals surface area contributed by atoms with Gasteiger partial charge in [-0.25, -0.2) is 0 Å². The number of piperidine rings is 1. The molecule has 0 aromatic rings. The summed E-state index contributed by atoms with van der Waals surface area (Å²) in [4.78, 5) is 35.0. The van der Waals surface area contributed by atoms with Gasteiger partial charge in [0.2, 0.25) is 5.91 Å². The normalized spacial score (nSPS) is 23.7. The Morgan fingerprint density at radius 1 is 1.47 bits per heavy atom. The molecule has 5 heteroatoms.